The first kappa shape index (κ1) is 16.4. The number of aliphatic hydroxyl groups excluding tert-OH is 1. The van der Waals surface area contributed by atoms with Crippen molar-refractivity contribution < 1.29 is 24.6 Å². The Hall–Kier alpha value is -2.61. The number of aliphatic carboxylic acids is 1. The Labute approximate surface area is 121 Å². The van der Waals surface area contributed by atoms with Crippen LogP contribution in [0.5, 0.6) is 0 Å². The second-order valence-electron chi connectivity index (χ2n) is 4.42. The van der Waals surface area contributed by atoms with Gasteiger partial charge in [-0.25, -0.2) is 9.59 Å². The van der Waals surface area contributed by atoms with Gasteiger partial charge in [0.1, 0.15) is 0 Å². The molecule has 114 valence electrons. The van der Waals surface area contributed by atoms with Crippen molar-refractivity contribution in [2.45, 2.75) is 26.0 Å². The van der Waals surface area contributed by atoms with Gasteiger partial charge in [0, 0.05) is 18.3 Å². The number of amides is 3. The third-order valence-corrected chi connectivity index (χ3v) is 2.48. The van der Waals surface area contributed by atoms with Crippen molar-refractivity contribution in [2.24, 2.45) is 0 Å². The largest absolute Gasteiger partial charge is 0.480 e. The molecular weight excluding hydrogens is 278 g/mol. The Bertz CT molecular complexity index is 544. The number of hydrogen-bond donors (Lipinski definition) is 5. The number of anilines is 2. The van der Waals surface area contributed by atoms with E-state index in [9.17, 15) is 19.5 Å². The van der Waals surface area contributed by atoms with E-state index in [-0.39, 0.29) is 5.91 Å². The maximum absolute atomic E-state index is 11.7. The van der Waals surface area contributed by atoms with Crippen LogP contribution in [-0.2, 0) is 9.59 Å². The molecular formula is C13H17N3O5. The summed E-state index contributed by atoms with van der Waals surface area (Å²) in [6, 6.07) is 4.15. The monoisotopic (exact) mass is 295 g/mol. The summed E-state index contributed by atoms with van der Waals surface area (Å²) in [6.07, 6.45) is -1.24. The predicted molar refractivity (Wildman–Crippen MR) is 76.0 cm³/mol. The maximum atomic E-state index is 11.7. The van der Waals surface area contributed by atoms with Gasteiger partial charge in [0.15, 0.2) is 6.04 Å². The van der Waals surface area contributed by atoms with E-state index in [4.69, 9.17) is 5.11 Å². The van der Waals surface area contributed by atoms with Gasteiger partial charge in [-0.05, 0) is 25.1 Å². The molecule has 0 radical (unpaired) electrons. The van der Waals surface area contributed by atoms with Gasteiger partial charge in [0.2, 0.25) is 5.91 Å². The standard InChI is InChI=1S/C13H17N3O5/c1-7(17)11(12(19)20)16-13(21)15-10-5-3-4-9(6-10)14-8(2)18/h3-7,11,17H,1-2H3,(H,14,18)(H,19,20)(H2,15,16,21). The van der Waals surface area contributed by atoms with Gasteiger partial charge >= 0.3 is 12.0 Å². The van der Waals surface area contributed by atoms with E-state index in [1.54, 1.807) is 18.2 Å². The summed E-state index contributed by atoms with van der Waals surface area (Å²) in [5.41, 5.74) is 0.860. The lowest BCUT2D eigenvalue weighted by Gasteiger charge is -2.17. The van der Waals surface area contributed by atoms with Gasteiger partial charge in [-0.15, -0.1) is 0 Å². The number of urea groups is 1. The highest BCUT2D eigenvalue weighted by atomic mass is 16.4. The van der Waals surface area contributed by atoms with Gasteiger partial charge in [0.05, 0.1) is 6.10 Å². The summed E-state index contributed by atoms with van der Waals surface area (Å²) >= 11 is 0. The van der Waals surface area contributed by atoms with Crippen LogP contribution in [0.2, 0.25) is 0 Å². The molecule has 0 aromatic heterocycles. The smallest absolute Gasteiger partial charge is 0.328 e. The second kappa shape index (κ2) is 7.25. The Kier molecular flexibility index (Phi) is 5.67. The molecule has 0 fully saturated rings. The molecule has 8 heteroatoms. The minimum absolute atomic E-state index is 0.253. The van der Waals surface area contributed by atoms with Crippen molar-refractivity contribution in [3.8, 4) is 0 Å². The first-order valence-electron chi connectivity index (χ1n) is 6.15. The minimum Gasteiger partial charge on any atom is -0.480 e. The van der Waals surface area contributed by atoms with Crippen LogP contribution in [-0.4, -0.2) is 40.3 Å². The quantitative estimate of drug-likeness (QED) is 0.543. The SMILES string of the molecule is CC(=O)Nc1cccc(NC(=O)NC(C(=O)O)C(C)O)c1. The van der Waals surface area contributed by atoms with E-state index in [1.165, 1.54) is 19.9 Å². The summed E-state index contributed by atoms with van der Waals surface area (Å²) in [5.74, 6) is -1.59. The van der Waals surface area contributed by atoms with E-state index in [2.05, 4.69) is 16.0 Å². The average Bonchev–Trinajstić information content (AvgIpc) is 2.34. The number of carboxylic acid groups (broad SMARTS) is 1. The van der Waals surface area contributed by atoms with Crippen molar-refractivity contribution in [3.63, 3.8) is 0 Å². The van der Waals surface area contributed by atoms with Crippen molar-refractivity contribution in [1.82, 2.24) is 5.32 Å². The van der Waals surface area contributed by atoms with Crippen LogP contribution in [0.25, 0.3) is 0 Å². The number of aliphatic hydroxyl groups is 1. The number of carboxylic acids is 1. The Morgan fingerprint density at radius 2 is 1.71 bits per heavy atom. The molecule has 5 N–H and O–H groups in total. The van der Waals surface area contributed by atoms with Gasteiger partial charge in [-0.2, -0.15) is 0 Å². The molecule has 0 aliphatic carbocycles. The zero-order chi connectivity index (χ0) is 16.0. The van der Waals surface area contributed by atoms with Crippen LogP contribution in [0.15, 0.2) is 24.3 Å². The van der Waals surface area contributed by atoms with E-state index < -0.39 is 24.1 Å². The average molecular weight is 295 g/mol. The highest BCUT2D eigenvalue weighted by Gasteiger charge is 2.24. The van der Waals surface area contributed by atoms with E-state index in [1.807, 2.05) is 0 Å². The Morgan fingerprint density at radius 1 is 1.14 bits per heavy atom. The van der Waals surface area contributed by atoms with E-state index in [0.29, 0.717) is 11.4 Å². The zero-order valence-corrected chi connectivity index (χ0v) is 11.6. The summed E-state index contributed by atoms with van der Waals surface area (Å²) in [4.78, 5) is 33.5. The summed E-state index contributed by atoms with van der Waals surface area (Å²) in [7, 11) is 0. The molecule has 0 saturated heterocycles. The number of carbonyl (C=O) groups is 3. The molecule has 21 heavy (non-hydrogen) atoms. The molecule has 0 aliphatic heterocycles. The van der Waals surface area contributed by atoms with Gasteiger partial charge in [-0.1, -0.05) is 6.07 Å². The van der Waals surface area contributed by atoms with Crippen molar-refractivity contribution in [1.29, 1.82) is 0 Å². The second-order valence-corrected chi connectivity index (χ2v) is 4.42. The molecule has 0 aliphatic rings. The molecule has 8 nitrogen and oxygen atoms in total. The summed E-state index contributed by atoms with van der Waals surface area (Å²) < 4.78 is 0. The van der Waals surface area contributed by atoms with Gasteiger partial charge < -0.3 is 26.2 Å². The lowest BCUT2D eigenvalue weighted by molar-refractivity contribution is -0.141. The highest BCUT2D eigenvalue weighted by Crippen LogP contribution is 2.14. The van der Waals surface area contributed by atoms with Gasteiger partial charge in [0.25, 0.3) is 0 Å². The predicted octanol–water partition coefficient (Wildman–Crippen LogP) is 0.600. The fourth-order valence-electron chi connectivity index (χ4n) is 1.58. The number of nitrogens with one attached hydrogen (secondary N) is 3. The van der Waals surface area contributed by atoms with Crippen LogP contribution in [0.3, 0.4) is 0 Å². The van der Waals surface area contributed by atoms with Crippen molar-refractivity contribution >= 4 is 29.3 Å². The maximum Gasteiger partial charge on any atom is 0.328 e. The fourth-order valence-corrected chi connectivity index (χ4v) is 1.58. The molecule has 0 saturated carbocycles. The first-order valence-corrected chi connectivity index (χ1v) is 6.15. The topological polar surface area (TPSA) is 128 Å². The normalized spacial score (nSPS) is 12.9. The minimum atomic E-state index is -1.41. The third-order valence-electron chi connectivity index (χ3n) is 2.48. The molecule has 2 atom stereocenters. The third kappa shape index (κ3) is 5.49. The number of benzene rings is 1. The fraction of sp³-hybridized carbons (Fsp3) is 0.308. The van der Waals surface area contributed by atoms with Crippen LogP contribution >= 0.6 is 0 Å². The van der Waals surface area contributed by atoms with Crippen molar-refractivity contribution in [2.75, 3.05) is 10.6 Å². The van der Waals surface area contributed by atoms with Gasteiger partial charge in [-0.3, -0.25) is 4.79 Å². The van der Waals surface area contributed by atoms with Crippen LogP contribution in [0, 0.1) is 0 Å². The molecule has 3 amide bonds. The number of hydrogen-bond acceptors (Lipinski definition) is 4. The molecule has 0 bridgehead atoms. The lowest BCUT2D eigenvalue weighted by atomic mass is 10.2. The molecule has 0 spiro atoms. The van der Waals surface area contributed by atoms with Crippen LogP contribution in [0.4, 0.5) is 16.2 Å². The number of carbonyl (C=O) groups excluding carboxylic acids is 2. The first-order chi connectivity index (χ1) is 9.79. The summed E-state index contributed by atoms with van der Waals surface area (Å²) in [5, 5.41) is 25.2. The lowest BCUT2D eigenvalue weighted by Crippen LogP contribution is -2.49. The molecule has 1 aromatic rings. The molecule has 2 unspecified atom stereocenters. The van der Waals surface area contributed by atoms with Crippen LogP contribution in [0.1, 0.15) is 13.8 Å². The molecule has 1 aromatic carbocycles. The van der Waals surface area contributed by atoms with Crippen LogP contribution < -0.4 is 16.0 Å². The number of rotatable bonds is 5. The Morgan fingerprint density at radius 3 is 2.19 bits per heavy atom. The summed E-state index contributed by atoms with van der Waals surface area (Å²) in [6.45, 7) is 2.61. The Balaban J connectivity index is 2.70. The van der Waals surface area contributed by atoms with Crippen molar-refractivity contribution in [3.05, 3.63) is 24.3 Å². The zero-order valence-electron chi connectivity index (χ0n) is 11.6. The highest BCUT2D eigenvalue weighted by molar-refractivity contribution is 5.94. The molecule has 0 heterocycles. The van der Waals surface area contributed by atoms with E-state index in [0.717, 1.165) is 0 Å². The van der Waals surface area contributed by atoms with E-state index >= 15 is 0 Å². The molecule has 1 rings (SSSR count).